The molecule has 0 aliphatic carbocycles. The van der Waals surface area contributed by atoms with Crippen LogP contribution in [-0.4, -0.2) is 4.98 Å². The summed E-state index contributed by atoms with van der Waals surface area (Å²) in [6.07, 6.45) is 0. The number of ether oxygens (including phenoxy) is 2. The molecule has 0 amide bonds. The number of rotatable bonds is 5. The van der Waals surface area contributed by atoms with Gasteiger partial charge >= 0.3 is 0 Å². The van der Waals surface area contributed by atoms with E-state index in [-0.39, 0.29) is 17.4 Å². The van der Waals surface area contributed by atoms with Gasteiger partial charge in [-0.25, -0.2) is 0 Å². The largest absolute Gasteiger partial charge is 0.489 e. The monoisotopic (exact) mass is 400 g/mol. The summed E-state index contributed by atoms with van der Waals surface area (Å²) in [5, 5.41) is 9.33. The van der Waals surface area contributed by atoms with Gasteiger partial charge in [-0.2, -0.15) is 5.26 Å². The molecule has 1 N–H and O–H groups in total. The minimum atomic E-state index is -0.477. The fourth-order valence-electron chi connectivity index (χ4n) is 2.46. The molecule has 0 spiro atoms. The van der Waals surface area contributed by atoms with Gasteiger partial charge in [-0.3, -0.25) is 4.79 Å². The first-order valence-corrected chi connectivity index (χ1v) is 8.71. The number of pyridine rings is 1. The van der Waals surface area contributed by atoms with Crippen molar-refractivity contribution in [2.24, 2.45) is 0 Å². The molecule has 5 nitrogen and oxygen atoms in total. The third-order valence-electron chi connectivity index (χ3n) is 3.77. The standard InChI is InChI=1S/C20H14Cl2N2O3/c1-12-17(11-26-15-5-3-2-4-6-15)19(18(22)20(25)24-12)27-16-8-13(10-23)7-14(21)9-16/h2-9H,11H2,1H3,(H,24,25). The van der Waals surface area contributed by atoms with Crippen LogP contribution in [-0.2, 0) is 6.61 Å². The number of nitriles is 1. The van der Waals surface area contributed by atoms with E-state index in [1.807, 2.05) is 36.4 Å². The van der Waals surface area contributed by atoms with Crippen molar-refractivity contribution in [3.63, 3.8) is 0 Å². The van der Waals surface area contributed by atoms with Crippen molar-refractivity contribution in [1.82, 2.24) is 4.98 Å². The molecule has 0 fully saturated rings. The Hall–Kier alpha value is -2.94. The summed E-state index contributed by atoms with van der Waals surface area (Å²) in [5.41, 5.74) is 1.01. The van der Waals surface area contributed by atoms with Crippen LogP contribution in [0.3, 0.4) is 0 Å². The van der Waals surface area contributed by atoms with E-state index < -0.39 is 5.56 Å². The number of nitrogens with one attached hydrogen (secondary N) is 1. The summed E-state index contributed by atoms with van der Waals surface area (Å²) in [6, 6.07) is 15.8. The summed E-state index contributed by atoms with van der Waals surface area (Å²) < 4.78 is 11.6. The van der Waals surface area contributed by atoms with E-state index in [1.165, 1.54) is 18.2 Å². The van der Waals surface area contributed by atoms with Gasteiger partial charge in [0.25, 0.3) is 5.56 Å². The predicted octanol–water partition coefficient (Wildman–Crippen LogP) is 5.23. The van der Waals surface area contributed by atoms with Gasteiger partial charge in [-0.1, -0.05) is 41.4 Å². The summed E-state index contributed by atoms with van der Waals surface area (Å²) >= 11 is 12.2. The average Bonchev–Trinajstić information content (AvgIpc) is 2.66. The topological polar surface area (TPSA) is 75.1 Å². The normalized spacial score (nSPS) is 10.3. The maximum atomic E-state index is 12.1. The molecule has 0 saturated carbocycles. The molecular formula is C20H14Cl2N2O3. The molecule has 0 atom stereocenters. The summed E-state index contributed by atoms with van der Waals surface area (Å²) in [5.74, 6) is 1.13. The Morgan fingerprint density at radius 2 is 1.85 bits per heavy atom. The van der Waals surface area contributed by atoms with E-state index in [4.69, 9.17) is 37.9 Å². The predicted molar refractivity (Wildman–Crippen MR) is 104 cm³/mol. The molecule has 0 aliphatic rings. The minimum absolute atomic E-state index is 0.106. The molecule has 0 bridgehead atoms. The fraction of sp³-hybridized carbons (Fsp3) is 0.100. The third kappa shape index (κ3) is 4.43. The van der Waals surface area contributed by atoms with Gasteiger partial charge in [0.15, 0.2) is 5.75 Å². The van der Waals surface area contributed by atoms with Crippen molar-refractivity contribution in [2.75, 3.05) is 0 Å². The molecule has 7 heteroatoms. The molecule has 136 valence electrons. The van der Waals surface area contributed by atoms with Crippen LogP contribution >= 0.6 is 23.2 Å². The smallest absolute Gasteiger partial charge is 0.270 e. The van der Waals surface area contributed by atoms with Crippen LogP contribution in [0.4, 0.5) is 0 Å². The van der Waals surface area contributed by atoms with Gasteiger partial charge in [0.1, 0.15) is 23.1 Å². The quantitative estimate of drug-likeness (QED) is 0.635. The van der Waals surface area contributed by atoms with Gasteiger partial charge in [0.05, 0.1) is 17.2 Å². The molecule has 0 radical (unpaired) electrons. The Kier molecular flexibility index (Phi) is 5.70. The number of halogens is 2. The lowest BCUT2D eigenvalue weighted by Gasteiger charge is -2.16. The number of aromatic nitrogens is 1. The zero-order valence-corrected chi connectivity index (χ0v) is 15.8. The molecule has 0 saturated heterocycles. The Bertz CT molecular complexity index is 1070. The van der Waals surface area contributed by atoms with E-state index in [9.17, 15) is 4.79 Å². The van der Waals surface area contributed by atoms with E-state index in [2.05, 4.69) is 4.98 Å². The Morgan fingerprint density at radius 1 is 1.11 bits per heavy atom. The molecule has 2 aromatic carbocycles. The molecule has 3 rings (SSSR count). The number of para-hydroxylation sites is 1. The van der Waals surface area contributed by atoms with Crippen molar-refractivity contribution in [3.8, 4) is 23.3 Å². The van der Waals surface area contributed by atoms with Crippen LogP contribution in [0.15, 0.2) is 53.3 Å². The van der Waals surface area contributed by atoms with Crippen molar-refractivity contribution < 1.29 is 9.47 Å². The van der Waals surface area contributed by atoms with Crippen molar-refractivity contribution in [3.05, 3.63) is 85.8 Å². The molecule has 3 aromatic rings. The van der Waals surface area contributed by atoms with E-state index in [0.29, 0.717) is 33.3 Å². The summed E-state index contributed by atoms with van der Waals surface area (Å²) in [7, 11) is 0. The van der Waals surface area contributed by atoms with E-state index in [1.54, 1.807) is 6.92 Å². The van der Waals surface area contributed by atoms with Crippen LogP contribution in [0, 0.1) is 18.3 Å². The maximum absolute atomic E-state index is 12.1. The fourth-order valence-corrected chi connectivity index (χ4v) is 2.89. The highest BCUT2D eigenvalue weighted by Crippen LogP contribution is 2.34. The number of aryl methyl sites for hydroxylation is 1. The zero-order chi connectivity index (χ0) is 19.4. The van der Waals surface area contributed by atoms with Crippen LogP contribution in [0.1, 0.15) is 16.8 Å². The number of H-pyrrole nitrogens is 1. The number of nitrogens with zero attached hydrogens (tertiary/aromatic N) is 1. The second kappa shape index (κ2) is 8.17. The lowest BCUT2D eigenvalue weighted by molar-refractivity contribution is 0.298. The number of hydrogen-bond acceptors (Lipinski definition) is 4. The van der Waals surface area contributed by atoms with Gasteiger partial charge in [0.2, 0.25) is 0 Å². The number of benzene rings is 2. The summed E-state index contributed by atoms with van der Waals surface area (Å²) in [6.45, 7) is 1.86. The van der Waals surface area contributed by atoms with Gasteiger partial charge in [-0.05, 0) is 37.3 Å². The minimum Gasteiger partial charge on any atom is -0.489 e. The number of aromatic amines is 1. The maximum Gasteiger partial charge on any atom is 0.270 e. The van der Waals surface area contributed by atoms with Crippen LogP contribution in [0.5, 0.6) is 17.2 Å². The molecular weight excluding hydrogens is 387 g/mol. The van der Waals surface area contributed by atoms with Crippen molar-refractivity contribution in [2.45, 2.75) is 13.5 Å². The van der Waals surface area contributed by atoms with Gasteiger partial charge in [-0.15, -0.1) is 0 Å². The lowest BCUT2D eigenvalue weighted by atomic mass is 10.2. The first-order chi connectivity index (χ1) is 13.0. The Labute approximate surface area is 165 Å². The second-order valence-electron chi connectivity index (χ2n) is 5.69. The average molecular weight is 401 g/mol. The first kappa shape index (κ1) is 18.8. The van der Waals surface area contributed by atoms with Gasteiger partial charge in [0, 0.05) is 10.7 Å². The lowest BCUT2D eigenvalue weighted by Crippen LogP contribution is -2.14. The van der Waals surface area contributed by atoms with E-state index in [0.717, 1.165) is 0 Å². The Balaban J connectivity index is 1.99. The summed E-state index contributed by atoms with van der Waals surface area (Å²) in [4.78, 5) is 14.8. The SMILES string of the molecule is Cc1[nH]c(=O)c(Cl)c(Oc2cc(Cl)cc(C#N)c2)c1COc1ccccc1. The number of hydrogen-bond donors (Lipinski definition) is 1. The molecule has 0 unspecified atom stereocenters. The van der Waals surface area contributed by atoms with Crippen LogP contribution in [0.25, 0.3) is 0 Å². The van der Waals surface area contributed by atoms with Crippen LogP contribution in [0.2, 0.25) is 10.0 Å². The first-order valence-electron chi connectivity index (χ1n) is 7.95. The van der Waals surface area contributed by atoms with Crippen molar-refractivity contribution >= 4 is 23.2 Å². The second-order valence-corrected chi connectivity index (χ2v) is 6.51. The van der Waals surface area contributed by atoms with Crippen molar-refractivity contribution in [1.29, 1.82) is 5.26 Å². The Morgan fingerprint density at radius 3 is 2.56 bits per heavy atom. The van der Waals surface area contributed by atoms with Crippen LogP contribution < -0.4 is 15.0 Å². The molecule has 1 aromatic heterocycles. The van der Waals surface area contributed by atoms with Gasteiger partial charge < -0.3 is 14.5 Å². The zero-order valence-electron chi connectivity index (χ0n) is 14.3. The molecule has 27 heavy (non-hydrogen) atoms. The molecule has 0 aliphatic heterocycles. The molecule has 1 heterocycles. The highest BCUT2D eigenvalue weighted by molar-refractivity contribution is 6.32. The third-order valence-corrected chi connectivity index (χ3v) is 4.33. The highest BCUT2D eigenvalue weighted by Gasteiger charge is 2.18. The van der Waals surface area contributed by atoms with E-state index >= 15 is 0 Å². The highest BCUT2D eigenvalue weighted by atomic mass is 35.5.